The van der Waals surface area contributed by atoms with Crippen LogP contribution >= 0.6 is 0 Å². The Hall–Kier alpha value is -3.16. The largest absolute Gasteiger partial charge is 0.493 e. The molecule has 190 valence electrons. The molecule has 0 bridgehead atoms. The lowest BCUT2D eigenvalue weighted by atomic mass is 9.76. The highest BCUT2D eigenvalue weighted by atomic mass is 16.5. The zero-order chi connectivity index (χ0) is 25.1. The first-order valence-corrected chi connectivity index (χ1v) is 12.8. The van der Waals surface area contributed by atoms with Crippen molar-refractivity contribution in [2.75, 3.05) is 47.4 Å². The number of hydrogen-bond acceptors (Lipinski definition) is 6. The van der Waals surface area contributed by atoms with Crippen LogP contribution in [0.5, 0.6) is 11.5 Å². The number of fused-ring (bicyclic) bond motifs is 1. The lowest BCUT2D eigenvalue weighted by Gasteiger charge is -2.37. The lowest BCUT2D eigenvalue weighted by Crippen LogP contribution is -2.45. The Morgan fingerprint density at radius 1 is 0.833 bits per heavy atom. The summed E-state index contributed by atoms with van der Waals surface area (Å²) in [6.07, 6.45) is 5.86. The summed E-state index contributed by atoms with van der Waals surface area (Å²) in [4.78, 5) is 18.3. The number of piperazine rings is 1. The second-order valence-corrected chi connectivity index (χ2v) is 10.0. The number of carbonyl (C=O) groups excluding carboxylic acids is 1. The third kappa shape index (κ3) is 5.18. The van der Waals surface area contributed by atoms with Crippen LogP contribution in [0.3, 0.4) is 0 Å². The number of amides is 1. The van der Waals surface area contributed by atoms with E-state index < -0.39 is 0 Å². The third-order valence-corrected chi connectivity index (χ3v) is 7.62. The molecule has 7 heteroatoms. The first kappa shape index (κ1) is 24.5. The maximum atomic E-state index is 13.5. The molecule has 0 unspecified atom stereocenters. The van der Waals surface area contributed by atoms with Gasteiger partial charge in [0.1, 0.15) is 0 Å². The van der Waals surface area contributed by atoms with E-state index in [1.807, 2.05) is 18.2 Å². The minimum absolute atomic E-state index is 0.0721. The van der Waals surface area contributed by atoms with Crippen LogP contribution in [-0.2, 0) is 17.9 Å². The topological polar surface area (TPSA) is 57.6 Å². The molecule has 2 aromatic carbocycles. The van der Waals surface area contributed by atoms with E-state index in [0.717, 1.165) is 62.4 Å². The molecule has 1 fully saturated rings. The normalized spacial score (nSPS) is 22.8. The van der Waals surface area contributed by atoms with Gasteiger partial charge in [0.15, 0.2) is 11.5 Å². The average molecular weight is 489 g/mol. The molecule has 0 N–H and O–H groups in total. The van der Waals surface area contributed by atoms with Crippen LogP contribution in [0.1, 0.15) is 29.5 Å². The highest BCUT2D eigenvalue weighted by molar-refractivity contribution is 6.07. The summed E-state index contributed by atoms with van der Waals surface area (Å²) in [5.41, 5.74) is 4.31. The highest BCUT2D eigenvalue weighted by Gasteiger charge is 2.40. The van der Waals surface area contributed by atoms with Gasteiger partial charge in [0.2, 0.25) is 5.91 Å². The maximum Gasteiger partial charge on any atom is 0.247 e. The van der Waals surface area contributed by atoms with E-state index in [1.165, 1.54) is 5.56 Å². The Labute approximate surface area is 214 Å². The van der Waals surface area contributed by atoms with E-state index in [9.17, 15) is 4.79 Å². The SMILES string of the molecule is COc1ccc(C2=NN(Cc3ccc(CN4CCN(C)CC4)cc3)C(=O)[C@@H]3CC=CC[C@H]23)cc1OC. The molecule has 2 heterocycles. The standard InChI is InChI=1S/C29H36N4O3/c1-31-14-16-32(17-15-31)19-21-8-10-22(11-9-21)20-33-29(34)25-7-5-4-6-24(25)28(30-33)23-12-13-26(35-2)27(18-23)36-3/h4-5,8-13,18,24-25H,6-7,14-17,19-20H2,1-3H3/t24-,25+/m0/s1. The van der Waals surface area contributed by atoms with Gasteiger partial charge in [-0.1, -0.05) is 36.4 Å². The molecule has 2 atom stereocenters. The summed E-state index contributed by atoms with van der Waals surface area (Å²) in [5.74, 6) is 1.44. The molecule has 7 nitrogen and oxygen atoms in total. The average Bonchev–Trinajstić information content (AvgIpc) is 2.92. The van der Waals surface area contributed by atoms with E-state index in [4.69, 9.17) is 14.6 Å². The van der Waals surface area contributed by atoms with Gasteiger partial charge in [-0.05, 0) is 49.2 Å². The van der Waals surface area contributed by atoms with Gasteiger partial charge in [0.05, 0.1) is 32.4 Å². The summed E-state index contributed by atoms with van der Waals surface area (Å²) in [5, 5.41) is 6.59. The Bertz CT molecular complexity index is 1140. The number of ether oxygens (including phenoxy) is 2. The van der Waals surface area contributed by atoms with Crippen LogP contribution in [-0.4, -0.2) is 73.9 Å². The summed E-state index contributed by atoms with van der Waals surface area (Å²) < 4.78 is 11.0. The van der Waals surface area contributed by atoms with Gasteiger partial charge >= 0.3 is 0 Å². The number of nitrogens with zero attached hydrogens (tertiary/aromatic N) is 4. The Balaban J connectivity index is 1.36. The third-order valence-electron chi connectivity index (χ3n) is 7.62. The van der Waals surface area contributed by atoms with E-state index >= 15 is 0 Å². The Morgan fingerprint density at radius 2 is 1.47 bits per heavy atom. The van der Waals surface area contributed by atoms with Gasteiger partial charge in [-0.3, -0.25) is 9.69 Å². The lowest BCUT2D eigenvalue weighted by molar-refractivity contribution is -0.138. The second kappa shape index (κ2) is 10.8. The van der Waals surface area contributed by atoms with E-state index in [-0.39, 0.29) is 17.7 Å². The van der Waals surface area contributed by atoms with Crippen LogP contribution in [0.25, 0.3) is 0 Å². The second-order valence-electron chi connectivity index (χ2n) is 10.0. The van der Waals surface area contributed by atoms with Crippen molar-refractivity contribution in [3.8, 4) is 11.5 Å². The summed E-state index contributed by atoms with van der Waals surface area (Å²) >= 11 is 0. The molecule has 2 aromatic rings. The molecule has 5 rings (SSSR count). The number of hydrogen-bond donors (Lipinski definition) is 0. The van der Waals surface area contributed by atoms with Crippen LogP contribution in [0.15, 0.2) is 59.7 Å². The van der Waals surface area contributed by atoms with E-state index in [2.05, 4.69) is 53.3 Å². The van der Waals surface area contributed by atoms with E-state index in [0.29, 0.717) is 18.0 Å². The maximum absolute atomic E-state index is 13.5. The number of rotatable bonds is 7. The molecule has 1 saturated heterocycles. The number of likely N-dealkylation sites (N-methyl/N-ethyl adjacent to an activating group) is 1. The van der Waals surface area contributed by atoms with Crippen LogP contribution in [0.2, 0.25) is 0 Å². The smallest absolute Gasteiger partial charge is 0.247 e. The number of hydrazone groups is 1. The van der Waals surface area contributed by atoms with Crippen molar-refractivity contribution in [2.45, 2.75) is 25.9 Å². The quantitative estimate of drug-likeness (QED) is 0.556. The number of benzene rings is 2. The Morgan fingerprint density at radius 3 is 2.14 bits per heavy atom. The van der Waals surface area contributed by atoms with E-state index in [1.54, 1.807) is 19.2 Å². The van der Waals surface area contributed by atoms with Crippen molar-refractivity contribution >= 4 is 11.6 Å². The predicted molar refractivity (Wildman–Crippen MR) is 141 cm³/mol. The summed E-state index contributed by atoms with van der Waals surface area (Å²) in [6, 6.07) is 14.5. The molecule has 3 aliphatic rings. The number of carbonyl (C=O) groups is 1. The fourth-order valence-electron chi connectivity index (χ4n) is 5.40. The molecule has 0 radical (unpaired) electrons. The zero-order valence-corrected chi connectivity index (χ0v) is 21.5. The van der Waals surface area contributed by atoms with Gasteiger partial charge in [-0.2, -0.15) is 5.10 Å². The van der Waals surface area contributed by atoms with Gasteiger partial charge in [0, 0.05) is 44.2 Å². The summed E-state index contributed by atoms with van der Waals surface area (Å²) in [6.45, 7) is 5.88. The highest BCUT2D eigenvalue weighted by Crippen LogP contribution is 2.37. The minimum Gasteiger partial charge on any atom is -0.493 e. The van der Waals surface area contributed by atoms with Crippen molar-refractivity contribution in [3.63, 3.8) is 0 Å². The van der Waals surface area contributed by atoms with Crippen LogP contribution in [0.4, 0.5) is 0 Å². The van der Waals surface area contributed by atoms with Crippen molar-refractivity contribution < 1.29 is 14.3 Å². The first-order chi connectivity index (χ1) is 17.6. The van der Waals surface area contributed by atoms with Gasteiger partial charge in [-0.15, -0.1) is 0 Å². The molecule has 0 saturated carbocycles. The van der Waals surface area contributed by atoms with Crippen molar-refractivity contribution in [3.05, 3.63) is 71.3 Å². The molecular weight excluding hydrogens is 452 g/mol. The fourth-order valence-corrected chi connectivity index (χ4v) is 5.40. The summed E-state index contributed by atoms with van der Waals surface area (Å²) in [7, 11) is 5.45. The van der Waals surface area contributed by atoms with Crippen molar-refractivity contribution in [1.82, 2.24) is 14.8 Å². The first-order valence-electron chi connectivity index (χ1n) is 12.8. The zero-order valence-electron chi connectivity index (χ0n) is 21.5. The van der Waals surface area contributed by atoms with Crippen molar-refractivity contribution in [1.29, 1.82) is 0 Å². The van der Waals surface area contributed by atoms with Crippen LogP contribution in [0, 0.1) is 11.8 Å². The number of methoxy groups -OCH3 is 2. The van der Waals surface area contributed by atoms with Gasteiger partial charge in [0.25, 0.3) is 0 Å². The monoisotopic (exact) mass is 488 g/mol. The van der Waals surface area contributed by atoms with Gasteiger partial charge in [-0.25, -0.2) is 5.01 Å². The molecule has 1 amide bonds. The predicted octanol–water partition coefficient (Wildman–Crippen LogP) is 3.78. The molecule has 2 aliphatic heterocycles. The molecule has 0 aromatic heterocycles. The van der Waals surface area contributed by atoms with Crippen LogP contribution < -0.4 is 9.47 Å². The molecule has 1 aliphatic carbocycles. The molecule has 36 heavy (non-hydrogen) atoms. The molecule has 0 spiro atoms. The van der Waals surface area contributed by atoms with Crippen molar-refractivity contribution in [2.24, 2.45) is 16.9 Å². The minimum atomic E-state index is -0.0906. The van der Waals surface area contributed by atoms with Gasteiger partial charge < -0.3 is 14.4 Å². The Kier molecular flexibility index (Phi) is 7.39. The fraction of sp³-hybridized carbons (Fsp3) is 0.448. The molecular formula is C29H36N4O3. The number of allylic oxidation sites excluding steroid dienone is 2.